The maximum absolute atomic E-state index is 12.1. The summed E-state index contributed by atoms with van der Waals surface area (Å²) in [6.07, 6.45) is 3.73. The van der Waals surface area contributed by atoms with Crippen LogP contribution in [0.5, 0.6) is 0 Å². The number of nitrogens with one attached hydrogen (secondary N) is 1. The number of nitrogens with two attached hydrogens (primary N) is 1. The van der Waals surface area contributed by atoms with Crippen molar-refractivity contribution in [3.63, 3.8) is 0 Å². The van der Waals surface area contributed by atoms with Crippen molar-refractivity contribution < 1.29 is 4.79 Å². The molecule has 2 rings (SSSR count). The SMILES string of the molecule is CCC1(CNc2cc(N)ccc2C(=O)N(C)C)CC1. The second-order valence-electron chi connectivity index (χ2n) is 5.71. The molecule has 104 valence electrons. The molecule has 4 heteroatoms. The Hall–Kier alpha value is -1.71. The number of benzene rings is 1. The molecule has 0 spiro atoms. The van der Waals surface area contributed by atoms with E-state index in [-0.39, 0.29) is 5.91 Å². The molecule has 0 radical (unpaired) electrons. The molecule has 4 nitrogen and oxygen atoms in total. The minimum Gasteiger partial charge on any atom is -0.399 e. The van der Waals surface area contributed by atoms with E-state index in [0.717, 1.165) is 12.2 Å². The van der Waals surface area contributed by atoms with Gasteiger partial charge in [-0.3, -0.25) is 4.79 Å². The van der Waals surface area contributed by atoms with Crippen LogP contribution in [0.1, 0.15) is 36.5 Å². The number of nitrogen functional groups attached to an aromatic ring is 1. The first-order valence-corrected chi connectivity index (χ1v) is 6.82. The number of hydrogen-bond donors (Lipinski definition) is 2. The fourth-order valence-corrected chi connectivity index (χ4v) is 2.25. The third kappa shape index (κ3) is 3.00. The number of rotatable bonds is 5. The van der Waals surface area contributed by atoms with E-state index in [1.807, 2.05) is 6.07 Å². The van der Waals surface area contributed by atoms with Crippen LogP contribution in [-0.2, 0) is 0 Å². The highest BCUT2D eigenvalue weighted by Crippen LogP contribution is 2.48. The van der Waals surface area contributed by atoms with Gasteiger partial charge in [-0.1, -0.05) is 6.92 Å². The van der Waals surface area contributed by atoms with E-state index in [1.165, 1.54) is 19.3 Å². The maximum Gasteiger partial charge on any atom is 0.255 e. The highest BCUT2D eigenvalue weighted by molar-refractivity contribution is 6.00. The standard InChI is InChI=1S/C15H23N3O/c1-4-15(7-8-15)10-17-13-9-11(16)5-6-12(13)14(19)18(2)3/h5-6,9,17H,4,7-8,10,16H2,1-3H3. The van der Waals surface area contributed by atoms with Gasteiger partial charge in [-0.05, 0) is 42.9 Å². The quantitative estimate of drug-likeness (QED) is 0.801. The van der Waals surface area contributed by atoms with Crippen LogP contribution < -0.4 is 11.1 Å². The van der Waals surface area contributed by atoms with E-state index in [9.17, 15) is 4.79 Å². The summed E-state index contributed by atoms with van der Waals surface area (Å²) in [5.74, 6) is 0.00356. The molecule has 0 atom stereocenters. The molecule has 0 aromatic heterocycles. The smallest absolute Gasteiger partial charge is 0.255 e. The monoisotopic (exact) mass is 261 g/mol. The van der Waals surface area contributed by atoms with E-state index in [2.05, 4.69) is 12.2 Å². The highest BCUT2D eigenvalue weighted by atomic mass is 16.2. The van der Waals surface area contributed by atoms with E-state index in [4.69, 9.17) is 5.73 Å². The predicted octanol–water partition coefficient (Wildman–Crippen LogP) is 2.57. The topological polar surface area (TPSA) is 58.4 Å². The molecule has 0 unspecified atom stereocenters. The summed E-state index contributed by atoms with van der Waals surface area (Å²) in [5, 5.41) is 3.42. The first-order chi connectivity index (χ1) is 8.97. The first kappa shape index (κ1) is 13.7. The normalized spacial score (nSPS) is 15.9. The second kappa shape index (κ2) is 5.11. The van der Waals surface area contributed by atoms with Gasteiger partial charge >= 0.3 is 0 Å². The van der Waals surface area contributed by atoms with Gasteiger partial charge in [0.25, 0.3) is 5.91 Å². The van der Waals surface area contributed by atoms with Gasteiger partial charge in [0.2, 0.25) is 0 Å². The average molecular weight is 261 g/mol. The molecule has 0 bridgehead atoms. The van der Waals surface area contributed by atoms with Crippen molar-refractivity contribution in [3.8, 4) is 0 Å². The van der Waals surface area contributed by atoms with Crippen LogP contribution in [0.25, 0.3) is 0 Å². The Labute approximate surface area is 115 Å². The fourth-order valence-electron chi connectivity index (χ4n) is 2.25. The number of carbonyl (C=O) groups is 1. The number of carbonyl (C=O) groups excluding carboxylic acids is 1. The van der Waals surface area contributed by atoms with Gasteiger partial charge in [0.15, 0.2) is 0 Å². The molecule has 1 aromatic carbocycles. The number of hydrogen-bond acceptors (Lipinski definition) is 3. The summed E-state index contributed by atoms with van der Waals surface area (Å²) in [6.45, 7) is 3.14. The fraction of sp³-hybridized carbons (Fsp3) is 0.533. The van der Waals surface area contributed by atoms with Crippen LogP contribution in [0.3, 0.4) is 0 Å². The van der Waals surface area contributed by atoms with Crippen molar-refractivity contribution >= 4 is 17.3 Å². The Morgan fingerprint density at radius 3 is 2.63 bits per heavy atom. The Kier molecular flexibility index (Phi) is 3.69. The van der Waals surface area contributed by atoms with Gasteiger partial charge in [-0.2, -0.15) is 0 Å². The van der Waals surface area contributed by atoms with Crippen LogP contribution in [-0.4, -0.2) is 31.4 Å². The number of nitrogens with zero attached hydrogens (tertiary/aromatic N) is 1. The maximum atomic E-state index is 12.1. The third-order valence-electron chi connectivity index (χ3n) is 4.04. The minimum atomic E-state index is 0.00356. The molecular formula is C15H23N3O. The first-order valence-electron chi connectivity index (χ1n) is 6.82. The summed E-state index contributed by atoms with van der Waals surface area (Å²) in [4.78, 5) is 13.7. The zero-order chi connectivity index (χ0) is 14.0. The van der Waals surface area contributed by atoms with Crippen molar-refractivity contribution in [2.24, 2.45) is 5.41 Å². The van der Waals surface area contributed by atoms with E-state index in [0.29, 0.717) is 16.7 Å². The number of amides is 1. The van der Waals surface area contributed by atoms with Crippen LogP contribution in [0.15, 0.2) is 18.2 Å². The lowest BCUT2D eigenvalue weighted by Crippen LogP contribution is -2.24. The summed E-state index contributed by atoms with van der Waals surface area (Å²) in [6, 6.07) is 5.42. The minimum absolute atomic E-state index is 0.00356. The van der Waals surface area contributed by atoms with Crippen molar-refractivity contribution in [2.75, 3.05) is 31.7 Å². The third-order valence-corrected chi connectivity index (χ3v) is 4.04. The van der Waals surface area contributed by atoms with Crippen LogP contribution >= 0.6 is 0 Å². The van der Waals surface area contributed by atoms with Crippen molar-refractivity contribution in [2.45, 2.75) is 26.2 Å². The highest BCUT2D eigenvalue weighted by Gasteiger charge is 2.40. The van der Waals surface area contributed by atoms with Gasteiger partial charge < -0.3 is 16.0 Å². The number of anilines is 2. The zero-order valence-electron chi connectivity index (χ0n) is 12.0. The van der Waals surface area contributed by atoms with Gasteiger partial charge in [-0.15, -0.1) is 0 Å². The van der Waals surface area contributed by atoms with E-state index >= 15 is 0 Å². The molecule has 3 N–H and O–H groups in total. The second-order valence-corrected chi connectivity index (χ2v) is 5.71. The molecular weight excluding hydrogens is 238 g/mol. The predicted molar refractivity (Wildman–Crippen MR) is 79.3 cm³/mol. The molecule has 1 saturated carbocycles. The lowest BCUT2D eigenvalue weighted by atomic mass is 10.0. The average Bonchev–Trinajstić information content (AvgIpc) is 3.16. The molecule has 1 aliphatic rings. The van der Waals surface area contributed by atoms with Crippen molar-refractivity contribution in [1.29, 1.82) is 0 Å². The van der Waals surface area contributed by atoms with Gasteiger partial charge in [0, 0.05) is 32.0 Å². The molecule has 1 amide bonds. The molecule has 1 aromatic rings. The van der Waals surface area contributed by atoms with Gasteiger partial charge in [0.05, 0.1) is 5.56 Å². The van der Waals surface area contributed by atoms with Crippen molar-refractivity contribution in [1.82, 2.24) is 4.90 Å². The van der Waals surface area contributed by atoms with Gasteiger partial charge in [0.1, 0.15) is 0 Å². The largest absolute Gasteiger partial charge is 0.399 e. The molecule has 1 aliphatic carbocycles. The molecule has 0 aliphatic heterocycles. The lowest BCUT2D eigenvalue weighted by Gasteiger charge is -2.19. The van der Waals surface area contributed by atoms with Crippen LogP contribution in [0.4, 0.5) is 11.4 Å². The summed E-state index contributed by atoms with van der Waals surface area (Å²) in [7, 11) is 3.52. The molecule has 1 fully saturated rings. The van der Waals surface area contributed by atoms with Crippen molar-refractivity contribution in [3.05, 3.63) is 23.8 Å². The van der Waals surface area contributed by atoms with Gasteiger partial charge in [-0.25, -0.2) is 0 Å². The Bertz CT molecular complexity index is 478. The molecule has 0 heterocycles. The Morgan fingerprint density at radius 1 is 1.42 bits per heavy atom. The summed E-state index contributed by atoms with van der Waals surface area (Å²) >= 11 is 0. The lowest BCUT2D eigenvalue weighted by molar-refractivity contribution is 0.0828. The van der Waals surface area contributed by atoms with E-state index in [1.54, 1.807) is 31.1 Å². The Morgan fingerprint density at radius 2 is 2.11 bits per heavy atom. The Balaban J connectivity index is 2.17. The molecule has 0 saturated heterocycles. The van der Waals surface area contributed by atoms with E-state index < -0.39 is 0 Å². The zero-order valence-corrected chi connectivity index (χ0v) is 12.0. The molecule has 19 heavy (non-hydrogen) atoms. The summed E-state index contributed by atoms with van der Waals surface area (Å²) < 4.78 is 0. The summed E-state index contributed by atoms with van der Waals surface area (Å²) in [5.41, 5.74) is 8.47. The van der Waals surface area contributed by atoms with Crippen LogP contribution in [0.2, 0.25) is 0 Å². The van der Waals surface area contributed by atoms with Crippen LogP contribution in [0, 0.1) is 5.41 Å².